The summed E-state index contributed by atoms with van der Waals surface area (Å²) >= 11 is 0. The number of carbonyl (C=O) groups is 2. The van der Waals surface area contributed by atoms with Crippen molar-refractivity contribution in [3.63, 3.8) is 0 Å². The number of nitrogens with one attached hydrogen (secondary N) is 1. The van der Waals surface area contributed by atoms with Crippen LogP contribution >= 0.6 is 0 Å². The summed E-state index contributed by atoms with van der Waals surface area (Å²) < 4.78 is 11.2. The highest BCUT2D eigenvalue weighted by molar-refractivity contribution is 6.06. The number of ether oxygens (including phenoxy) is 2. The predicted octanol–water partition coefficient (Wildman–Crippen LogP) is 3.15. The first-order valence-corrected chi connectivity index (χ1v) is 8.60. The first-order chi connectivity index (χ1) is 12.5. The molecule has 1 aliphatic rings. The van der Waals surface area contributed by atoms with Gasteiger partial charge in [0.1, 0.15) is 18.0 Å². The standard InChI is InChI=1S/C20H22N2O4/c1-4-25-17-8-6-5-7-15(17)21-19(23)12-22-16-11-13(2)9-10-18(16)26-14(3)20(22)24/h5-11,14H,4,12H2,1-3H3,(H,21,23). The summed E-state index contributed by atoms with van der Waals surface area (Å²) in [5, 5.41) is 2.82. The zero-order chi connectivity index (χ0) is 18.7. The van der Waals surface area contributed by atoms with E-state index >= 15 is 0 Å². The zero-order valence-electron chi connectivity index (χ0n) is 15.1. The number of carbonyl (C=O) groups excluding carboxylic acids is 2. The molecule has 0 saturated heterocycles. The second kappa shape index (κ2) is 7.47. The van der Waals surface area contributed by atoms with Crippen LogP contribution in [0, 0.1) is 6.92 Å². The molecule has 0 aliphatic carbocycles. The summed E-state index contributed by atoms with van der Waals surface area (Å²) in [4.78, 5) is 26.6. The smallest absolute Gasteiger partial charge is 0.268 e. The minimum absolute atomic E-state index is 0.0938. The first kappa shape index (κ1) is 17.8. The van der Waals surface area contributed by atoms with Crippen LogP contribution in [0.4, 0.5) is 11.4 Å². The maximum Gasteiger partial charge on any atom is 0.268 e. The van der Waals surface area contributed by atoms with Crippen molar-refractivity contribution in [2.45, 2.75) is 26.9 Å². The van der Waals surface area contributed by atoms with Crippen LogP contribution in [0.15, 0.2) is 42.5 Å². The lowest BCUT2D eigenvalue weighted by Crippen LogP contribution is -2.47. The molecule has 1 heterocycles. The summed E-state index contributed by atoms with van der Waals surface area (Å²) in [6.45, 7) is 5.90. The number of hydrogen-bond acceptors (Lipinski definition) is 4. The third-order valence-electron chi connectivity index (χ3n) is 4.09. The molecule has 0 saturated carbocycles. The Balaban J connectivity index is 1.81. The molecular weight excluding hydrogens is 332 g/mol. The van der Waals surface area contributed by atoms with E-state index in [-0.39, 0.29) is 18.4 Å². The Labute approximate surface area is 152 Å². The van der Waals surface area contributed by atoms with E-state index in [0.29, 0.717) is 29.5 Å². The quantitative estimate of drug-likeness (QED) is 0.896. The van der Waals surface area contributed by atoms with Crippen molar-refractivity contribution in [1.29, 1.82) is 0 Å². The van der Waals surface area contributed by atoms with Crippen LogP contribution in [0.1, 0.15) is 19.4 Å². The van der Waals surface area contributed by atoms with Crippen molar-refractivity contribution in [3.8, 4) is 11.5 Å². The lowest BCUT2D eigenvalue weighted by molar-refractivity contribution is -0.127. The van der Waals surface area contributed by atoms with E-state index in [1.165, 1.54) is 4.90 Å². The van der Waals surface area contributed by atoms with Crippen LogP contribution in [0.3, 0.4) is 0 Å². The maximum absolute atomic E-state index is 12.6. The van der Waals surface area contributed by atoms with Gasteiger partial charge in [0, 0.05) is 0 Å². The average molecular weight is 354 g/mol. The molecule has 2 aromatic rings. The molecule has 1 atom stereocenters. The Kier molecular flexibility index (Phi) is 5.11. The van der Waals surface area contributed by atoms with Gasteiger partial charge in [-0.15, -0.1) is 0 Å². The number of nitrogens with zero attached hydrogens (tertiary/aromatic N) is 1. The van der Waals surface area contributed by atoms with E-state index in [1.54, 1.807) is 19.1 Å². The van der Waals surface area contributed by atoms with Gasteiger partial charge in [0.15, 0.2) is 6.10 Å². The number of amides is 2. The summed E-state index contributed by atoms with van der Waals surface area (Å²) in [6.07, 6.45) is -0.631. The van der Waals surface area contributed by atoms with Crippen LogP contribution in [-0.4, -0.2) is 31.1 Å². The van der Waals surface area contributed by atoms with E-state index in [0.717, 1.165) is 5.56 Å². The van der Waals surface area contributed by atoms with Gasteiger partial charge >= 0.3 is 0 Å². The highest BCUT2D eigenvalue weighted by atomic mass is 16.5. The van der Waals surface area contributed by atoms with Crippen molar-refractivity contribution < 1.29 is 19.1 Å². The average Bonchev–Trinajstić information content (AvgIpc) is 2.61. The predicted molar refractivity (Wildman–Crippen MR) is 99.9 cm³/mol. The van der Waals surface area contributed by atoms with Gasteiger partial charge in [-0.05, 0) is 50.6 Å². The number of hydrogen-bond donors (Lipinski definition) is 1. The minimum atomic E-state index is -0.631. The Bertz CT molecular complexity index is 834. The van der Waals surface area contributed by atoms with Crippen LogP contribution in [0.5, 0.6) is 11.5 Å². The van der Waals surface area contributed by atoms with Crippen LogP contribution in [-0.2, 0) is 9.59 Å². The van der Waals surface area contributed by atoms with Crippen molar-refractivity contribution in [2.24, 2.45) is 0 Å². The lowest BCUT2D eigenvalue weighted by atomic mass is 10.1. The van der Waals surface area contributed by atoms with Crippen molar-refractivity contribution in [2.75, 3.05) is 23.4 Å². The molecule has 3 rings (SSSR count). The molecule has 1 aliphatic heterocycles. The fourth-order valence-corrected chi connectivity index (χ4v) is 2.86. The van der Waals surface area contributed by atoms with E-state index in [2.05, 4.69) is 5.32 Å². The third-order valence-corrected chi connectivity index (χ3v) is 4.09. The summed E-state index contributed by atoms with van der Waals surface area (Å²) in [7, 11) is 0. The number of aryl methyl sites for hydroxylation is 1. The molecule has 6 nitrogen and oxygen atoms in total. The molecule has 1 N–H and O–H groups in total. The van der Waals surface area contributed by atoms with Gasteiger partial charge in [-0.3, -0.25) is 14.5 Å². The van der Waals surface area contributed by atoms with E-state index in [1.807, 2.05) is 44.2 Å². The van der Waals surface area contributed by atoms with Crippen molar-refractivity contribution in [3.05, 3.63) is 48.0 Å². The van der Waals surface area contributed by atoms with Crippen molar-refractivity contribution >= 4 is 23.2 Å². The van der Waals surface area contributed by atoms with Gasteiger partial charge in [0.05, 0.1) is 18.0 Å². The lowest BCUT2D eigenvalue weighted by Gasteiger charge is -2.32. The van der Waals surface area contributed by atoms with Gasteiger partial charge < -0.3 is 14.8 Å². The molecular formula is C20H22N2O4. The van der Waals surface area contributed by atoms with Gasteiger partial charge in [-0.1, -0.05) is 18.2 Å². The van der Waals surface area contributed by atoms with Crippen LogP contribution in [0.2, 0.25) is 0 Å². The summed E-state index contributed by atoms with van der Waals surface area (Å²) in [5.41, 5.74) is 2.18. The number of anilines is 2. The fraction of sp³-hybridized carbons (Fsp3) is 0.300. The SMILES string of the molecule is CCOc1ccccc1NC(=O)CN1C(=O)C(C)Oc2ccc(C)cc21. The van der Waals surface area contributed by atoms with Crippen molar-refractivity contribution in [1.82, 2.24) is 0 Å². The second-order valence-corrected chi connectivity index (χ2v) is 6.13. The third kappa shape index (κ3) is 3.64. The van der Waals surface area contributed by atoms with Gasteiger partial charge in [0.25, 0.3) is 5.91 Å². The molecule has 2 amide bonds. The molecule has 26 heavy (non-hydrogen) atoms. The topological polar surface area (TPSA) is 67.9 Å². The summed E-state index contributed by atoms with van der Waals surface area (Å²) in [6, 6.07) is 12.8. The number of para-hydroxylation sites is 2. The Morgan fingerprint density at radius 2 is 2.04 bits per heavy atom. The molecule has 0 radical (unpaired) electrons. The van der Waals surface area contributed by atoms with Gasteiger partial charge in [0.2, 0.25) is 5.91 Å². The molecule has 136 valence electrons. The second-order valence-electron chi connectivity index (χ2n) is 6.13. The Hall–Kier alpha value is -3.02. The molecule has 6 heteroatoms. The largest absolute Gasteiger partial charge is 0.492 e. The molecule has 0 aromatic heterocycles. The molecule has 1 unspecified atom stereocenters. The number of benzene rings is 2. The number of rotatable bonds is 5. The van der Waals surface area contributed by atoms with Gasteiger partial charge in [-0.2, -0.15) is 0 Å². The monoisotopic (exact) mass is 354 g/mol. The summed E-state index contributed by atoms with van der Waals surface area (Å²) in [5.74, 6) is 0.662. The minimum Gasteiger partial charge on any atom is -0.492 e. The molecule has 2 aromatic carbocycles. The van der Waals surface area contributed by atoms with Crippen LogP contribution in [0.25, 0.3) is 0 Å². The maximum atomic E-state index is 12.6. The van der Waals surface area contributed by atoms with E-state index in [4.69, 9.17) is 9.47 Å². The van der Waals surface area contributed by atoms with Crippen LogP contribution < -0.4 is 19.7 Å². The molecule has 0 fully saturated rings. The highest BCUT2D eigenvalue weighted by Gasteiger charge is 2.32. The first-order valence-electron chi connectivity index (χ1n) is 8.60. The van der Waals surface area contributed by atoms with Gasteiger partial charge in [-0.25, -0.2) is 0 Å². The molecule has 0 spiro atoms. The van der Waals surface area contributed by atoms with E-state index in [9.17, 15) is 9.59 Å². The molecule has 0 bridgehead atoms. The normalized spacial score (nSPS) is 15.9. The highest BCUT2D eigenvalue weighted by Crippen LogP contribution is 2.34. The Morgan fingerprint density at radius 3 is 2.81 bits per heavy atom. The fourth-order valence-electron chi connectivity index (χ4n) is 2.86. The zero-order valence-corrected chi connectivity index (χ0v) is 15.1. The van der Waals surface area contributed by atoms with E-state index < -0.39 is 6.10 Å². The number of fused-ring (bicyclic) bond motifs is 1. The Morgan fingerprint density at radius 1 is 1.27 bits per heavy atom.